The van der Waals surface area contributed by atoms with Gasteiger partial charge in [-0.15, -0.1) is 0 Å². The average molecular weight is 599 g/mol. The van der Waals surface area contributed by atoms with E-state index in [0.717, 1.165) is 28.5 Å². The molecule has 2 aromatic carbocycles. The normalized spacial score (nSPS) is 24.1. The molecule has 2 heterocycles. The van der Waals surface area contributed by atoms with E-state index in [-0.39, 0.29) is 28.0 Å². The van der Waals surface area contributed by atoms with Gasteiger partial charge in [0.2, 0.25) is 5.88 Å². The van der Waals surface area contributed by atoms with Crippen molar-refractivity contribution >= 4 is 28.6 Å². The lowest BCUT2D eigenvalue weighted by molar-refractivity contribution is -0.383. The number of hydrogen-bond acceptors (Lipinski definition) is 7. The van der Waals surface area contributed by atoms with Gasteiger partial charge in [-0.05, 0) is 99.3 Å². The molecule has 0 atom stereocenters. The minimum Gasteiger partial charge on any atom is -0.493 e. The van der Waals surface area contributed by atoms with Crippen LogP contribution in [-0.4, -0.2) is 34.9 Å². The molecule has 2 aromatic heterocycles. The Hall–Kier alpha value is -4.74. The Kier molecular flexibility index (Phi) is 6.49. The van der Waals surface area contributed by atoms with E-state index in [2.05, 4.69) is 9.98 Å². The monoisotopic (exact) mass is 598 g/mol. The smallest absolute Gasteiger partial charge is 0.335 e. The molecule has 12 heteroatoms. The fourth-order valence-corrected chi connectivity index (χ4v) is 8.66. The number of nitro benzene ring substituents is 1. The number of hydrogen-bond donors (Lipinski definition) is 2. The lowest BCUT2D eigenvalue weighted by Crippen LogP contribution is -2.48. The van der Waals surface area contributed by atoms with Crippen molar-refractivity contribution in [3.8, 4) is 11.6 Å². The number of aromatic amines is 1. The molecule has 44 heavy (non-hydrogen) atoms. The number of H-pyrrole nitrogens is 1. The number of nitrogens with one attached hydrogen (secondary N) is 1. The summed E-state index contributed by atoms with van der Waals surface area (Å²) in [7, 11) is 0. The van der Waals surface area contributed by atoms with Gasteiger partial charge in [-0.25, -0.2) is 19.1 Å². The Bertz CT molecular complexity index is 1990. The van der Waals surface area contributed by atoms with Gasteiger partial charge in [0.15, 0.2) is 0 Å². The van der Waals surface area contributed by atoms with Crippen LogP contribution in [-0.2, 0) is 18.5 Å². The van der Waals surface area contributed by atoms with E-state index < -0.39 is 22.1 Å². The quantitative estimate of drug-likeness (QED) is 0.181. The van der Waals surface area contributed by atoms with Crippen LogP contribution in [0.3, 0.4) is 0 Å². The fourth-order valence-electron chi connectivity index (χ4n) is 8.66. The molecule has 4 bridgehead atoms. The second kappa shape index (κ2) is 10.2. The van der Waals surface area contributed by atoms with Crippen LogP contribution < -0.4 is 16.9 Å². The van der Waals surface area contributed by atoms with Crippen molar-refractivity contribution in [1.29, 1.82) is 0 Å². The van der Waals surface area contributed by atoms with Gasteiger partial charge in [-0.2, -0.15) is 0 Å². The number of aromatic hydroxyl groups is 1. The molecule has 0 spiro atoms. The molecule has 8 rings (SSSR count). The standard InChI is InChI=1S/C32H34N6O6/c1-3-35-26-12-24(25(38(43)44)13-27(26)36(4-2)31(35)42)33-17-23-28(39)34-30(41)37(29(23)40)22-7-5-21(6-8-22)32-14-18-9-19(15-32)11-20(10-18)16-32/h5-8,12-13,17-20,40H,3-4,9-11,14-16H2,1-2H3,(H,34,39,41). The van der Waals surface area contributed by atoms with Gasteiger partial charge >= 0.3 is 11.4 Å². The number of nitro groups is 1. The maximum atomic E-state index is 12.9. The summed E-state index contributed by atoms with van der Waals surface area (Å²) >= 11 is 0. The number of aromatic nitrogens is 4. The minimum absolute atomic E-state index is 0.102. The van der Waals surface area contributed by atoms with Crippen LogP contribution in [0.15, 0.2) is 55.8 Å². The number of aryl methyl sites for hydroxylation is 2. The molecule has 0 unspecified atom stereocenters. The van der Waals surface area contributed by atoms with E-state index in [1.54, 1.807) is 26.0 Å². The van der Waals surface area contributed by atoms with Crippen LogP contribution in [0.5, 0.6) is 5.88 Å². The molecule has 0 aliphatic heterocycles. The Labute approximate surface area is 251 Å². The molecule has 12 nitrogen and oxygen atoms in total. The van der Waals surface area contributed by atoms with Crippen molar-refractivity contribution in [2.45, 2.75) is 70.9 Å². The first-order valence-electron chi connectivity index (χ1n) is 15.3. The number of aliphatic imine (C=N–C) groups is 1. The molecule has 4 fully saturated rings. The molecule has 4 aliphatic rings. The van der Waals surface area contributed by atoms with Gasteiger partial charge in [-0.1, -0.05) is 12.1 Å². The highest BCUT2D eigenvalue weighted by atomic mass is 16.6. The molecular weight excluding hydrogens is 564 g/mol. The molecule has 0 saturated heterocycles. The summed E-state index contributed by atoms with van der Waals surface area (Å²) in [5.74, 6) is 1.72. The Morgan fingerprint density at radius 2 is 1.55 bits per heavy atom. The molecule has 4 aliphatic carbocycles. The summed E-state index contributed by atoms with van der Waals surface area (Å²) in [5, 5.41) is 23.1. The summed E-state index contributed by atoms with van der Waals surface area (Å²) in [6.07, 6.45) is 8.59. The van der Waals surface area contributed by atoms with E-state index in [1.165, 1.54) is 65.4 Å². The summed E-state index contributed by atoms with van der Waals surface area (Å²) in [5.41, 5.74) is -0.134. The maximum Gasteiger partial charge on any atom is 0.335 e. The van der Waals surface area contributed by atoms with Crippen LogP contribution in [0.1, 0.15) is 63.5 Å². The number of imidazole rings is 1. The van der Waals surface area contributed by atoms with E-state index in [4.69, 9.17) is 0 Å². The molecule has 4 saturated carbocycles. The van der Waals surface area contributed by atoms with Gasteiger partial charge in [0.1, 0.15) is 11.3 Å². The molecule has 228 valence electrons. The zero-order chi connectivity index (χ0) is 30.9. The molecule has 0 amide bonds. The van der Waals surface area contributed by atoms with Crippen molar-refractivity contribution in [1.82, 2.24) is 18.7 Å². The topological polar surface area (TPSA) is 158 Å². The number of nitrogens with zero attached hydrogens (tertiary/aromatic N) is 5. The average Bonchev–Trinajstić information content (AvgIpc) is 3.25. The zero-order valence-corrected chi connectivity index (χ0v) is 24.7. The molecule has 4 aromatic rings. The van der Waals surface area contributed by atoms with Crippen molar-refractivity contribution in [2.75, 3.05) is 0 Å². The molecular formula is C32H34N6O6. The number of rotatable bonds is 7. The van der Waals surface area contributed by atoms with E-state index in [9.17, 15) is 29.6 Å². The maximum absolute atomic E-state index is 12.9. The van der Waals surface area contributed by atoms with Gasteiger partial charge < -0.3 is 5.11 Å². The van der Waals surface area contributed by atoms with Crippen LogP contribution >= 0.6 is 0 Å². The highest BCUT2D eigenvalue weighted by molar-refractivity contribution is 5.89. The van der Waals surface area contributed by atoms with E-state index in [0.29, 0.717) is 29.8 Å². The van der Waals surface area contributed by atoms with Crippen LogP contribution in [0.2, 0.25) is 0 Å². The highest BCUT2D eigenvalue weighted by Gasteiger charge is 2.51. The van der Waals surface area contributed by atoms with E-state index in [1.807, 2.05) is 12.1 Å². The zero-order valence-electron chi connectivity index (χ0n) is 24.7. The van der Waals surface area contributed by atoms with E-state index >= 15 is 0 Å². The van der Waals surface area contributed by atoms with Crippen molar-refractivity contribution < 1.29 is 10.0 Å². The Balaban J connectivity index is 1.27. The van der Waals surface area contributed by atoms with Crippen LogP contribution in [0, 0.1) is 27.9 Å². The van der Waals surface area contributed by atoms with Gasteiger partial charge in [0.25, 0.3) is 11.2 Å². The van der Waals surface area contributed by atoms with Gasteiger partial charge in [0.05, 0.1) is 21.6 Å². The second-order valence-corrected chi connectivity index (χ2v) is 12.7. The SMILES string of the molecule is CCn1c(=O)n(CC)c2cc([N+](=O)[O-])c(N=Cc3c(O)n(-c4ccc(C56CC7CC(CC(C7)C5)C6)cc4)c(=O)[nH]c3=O)cc21. The molecule has 0 radical (unpaired) electrons. The summed E-state index contributed by atoms with van der Waals surface area (Å²) in [4.78, 5) is 56.3. The predicted molar refractivity (Wildman–Crippen MR) is 166 cm³/mol. The largest absolute Gasteiger partial charge is 0.493 e. The summed E-state index contributed by atoms with van der Waals surface area (Å²) in [6, 6.07) is 10.3. The minimum atomic E-state index is -0.885. The molecule has 2 N–H and O–H groups in total. The first kappa shape index (κ1) is 28.1. The first-order chi connectivity index (χ1) is 21.1. The van der Waals surface area contributed by atoms with Crippen molar-refractivity contribution in [3.63, 3.8) is 0 Å². The van der Waals surface area contributed by atoms with Gasteiger partial charge in [0, 0.05) is 25.4 Å². The van der Waals surface area contributed by atoms with Crippen molar-refractivity contribution in [3.05, 3.63) is 89.0 Å². The van der Waals surface area contributed by atoms with Crippen LogP contribution in [0.25, 0.3) is 16.7 Å². The summed E-state index contributed by atoms with van der Waals surface area (Å²) < 4.78 is 3.93. The predicted octanol–water partition coefficient (Wildman–Crippen LogP) is 4.51. The number of benzene rings is 2. The van der Waals surface area contributed by atoms with Crippen LogP contribution in [0.4, 0.5) is 11.4 Å². The lowest BCUT2D eigenvalue weighted by Gasteiger charge is -2.57. The lowest BCUT2D eigenvalue weighted by atomic mass is 9.48. The highest BCUT2D eigenvalue weighted by Crippen LogP contribution is 2.60. The first-order valence-corrected chi connectivity index (χ1v) is 15.3. The summed E-state index contributed by atoms with van der Waals surface area (Å²) in [6.45, 7) is 4.24. The third kappa shape index (κ3) is 4.26. The van der Waals surface area contributed by atoms with Gasteiger partial charge in [-0.3, -0.25) is 29.0 Å². The Morgan fingerprint density at radius 1 is 0.977 bits per heavy atom. The van der Waals surface area contributed by atoms with Crippen molar-refractivity contribution in [2.24, 2.45) is 22.7 Å². The third-order valence-corrected chi connectivity index (χ3v) is 10.2. The second-order valence-electron chi connectivity index (χ2n) is 12.7. The fraction of sp³-hybridized carbons (Fsp3) is 0.438. The third-order valence-electron chi connectivity index (χ3n) is 10.2. The Morgan fingerprint density at radius 3 is 2.09 bits per heavy atom. The number of fused-ring (bicyclic) bond motifs is 1.